The zero-order chi connectivity index (χ0) is 13.4. The van der Waals surface area contributed by atoms with E-state index in [9.17, 15) is 0 Å². The summed E-state index contributed by atoms with van der Waals surface area (Å²) in [6, 6.07) is 6.26. The van der Waals surface area contributed by atoms with Crippen LogP contribution in [0, 0.1) is 13.8 Å². The molecule has 0 bridgehead atoms. The molecule has 0 aliphatic carbocycles. The molecule has 0 aliphatic rings. The van der Waals surface area contributed by atoms with Crippen LogP contribution in [0.2, 0.25) is 0 Å². The van der Waals surface area contributed by atoms with E-state index in [1.807, 2.05) is 6.07 Å². The van der Waals surface area contributed by atoms with Gasteiger partial charge in [-0.1, -0.05) is 6.07 Å². The van der Waals surface area contributed by atoms with E-state index in [1.54, 1.807) is 0 Å². The van der Waals surface area contributed by atoms with E-state index in [4.69, 9.17) is 10.5 Å². The first-order valence-electron chi connectivity index (χ1n) is 6.72. The van der Waals surface area contributed by atoms with Gasteiger partial charge in [-0.25, -0.2) is 0 Å². The van der Waals surface area contributed by atoms with Gasteiger partial charge in [-0.05, 0) is 70.1 Å². The quantitative estimate of drug-likeness (QED) is 0.720. The molecule has 0 fully saturated rings. The molecule has 0 amide bonds. The number of nitrogens with zero attached hydrogens (tertiary/aromatic N) is 1. The second-order valence-electron chi connectivity index (χ2n) is 4.89. The summed E-state index contributed by atoms with van der Waals surface area (Å²) in [5.41, 5.74) is 8.08. The summed E-state index contributed by atoms with van der Waals surface area (Å²) in [5, 5.41) is 0. The zero-order valence-corrected chi connectivity index (χ0v) is 11.9. The predicted octanol–water partition coefficient (Wildman–Crippen LogP) is 2.35. The summed E-state index contributed by atoms with van der Waals surface area (Å²) >= 11 is 0. The summed E-state index contributed by atoms with van der Waals surface area (Å²) in [6.45, 7) is 7.90. The van der Waals surface area contributed by atoms with Gasteiger partial charge in [0.25, 0.3) is 0 Å². The number of aryl methyl sites for hydroxylation is 2. The topological polar surface area (TPSA) is 38.5 Å². The molecule has 0 heterocycles. The van der Waals surface area contributed by atoms with Crippen molar-refractivity contribution in [2.75, 3.05) is 33.3 Å². The molecule has 0 saturated heterocycles. The molecule has 3 heteroatoms. The monoisotopic (exact) mass is 250 g/mol. The normalized spacial score (nSPS) is 10.9. The van der Waals surface area contributed by atoms with Crippen molar-refractivity contribution in [3.63, 3.8) is 0 Å². The molecule has 0 saturated carbocycles. The minimum absolute atomic E-state index is 0.767. The van der Waals surface area contributed by atoms with Crippen LogP contribution in [0.15, 0.2) is 18.2 Å². The van der Waals surface area contributed by atoms with E-state index in [2.05, 4.69) is 37.9 Å². The minimum atomic E-state index is 0.767. The maximum atomic E-state index is 5.75. The van der Waals surface area contributed by atoms with Gasteiger partial charge in [0.05, 0.1) is 6.61 Å². The van der Waals surface area contributed by atoms with Gasteiger partial charge in [-0.3, -0.25) is 0 Å². The van der Waals surface area contributed by atoms with Crippen molar-refractivity contribution in [2.45, 2.75) is 26.7 Å². The van der Waals surface area contributed by atoms with Gasteiger partial charge in [-0.15, -0.1) is 0 Å². The molecule has 18 heavy (non-hydrogen) atoms. The fourth-order valence-corrected chi connectivity index (χ4v) is 1.80. The SMILES string of the molecule is Cc1ccc(OCCCN(C)CCCN)cc1C. The van der Waals surface area contributed by atoms with Gasteiger partial charge in [0.1, 0.15) is 5.75 Å². The van der Waals surface area contributed by atoms with Crippen LogP contribution in [0.3, 0.4) is 0 Å². The Hall–Kier alpha value is -1.06. The van der Waals surface area contributed by atoms with Crippen LogP contribution in [0.25, 0.3) is 0 Å². The molecule has 2 N–H and O–H groups in total. The molecule has 0 atom stereocenters. The first kappa shape index (κ1) is 15.0. The van der Waals surface area contributed by atoms with Gasteiger partial charge < -0.3 is 15.4 Å². The van der Waals surface area contributed by atoms with Crippen LogP contribution >= 0.6 is 0 Å². The fourth-order valence-electron chi connectivity index (χ4n) is 1.80. The van der Waals surface area contributed by atoms with Gasteiger partial charge >= 0.3 is 0 Å². The number of hydrogen-bond donors (Lipinski definition) is 1. The number of benzene rings is 1. The van der Waals surface area contributed by atoms with Crippen molar-refractivity contribution in [3.05, 3.63) is 29.3 Å². The second kappa shape index (κ2) is 8.11. The van der Waals surface area contributed by atoms with Crippen LogP contribution in [-0.2, 0) is 0 Å². The van der Waals surface area contributed by atoms with Crippen molar-refractivity contribution in [1.29, 1.82) is 0 Å². The van der Waals surface area contributed by atoms with E-state index in [-0.39, 0.29) is 0 Å². The smallest absolute Gasteiger partial charge is 0.119 e. The van der Waals surface area contributed by atoms with Crippen molar-refractivity contribution >= 4 is 0 Å². The average molecular weight is 250 g/mol. The Morgan fingerprint density at radius 1 is 1.11 bits per heavy atom. The van der Waals surface area contributed by atoms with Crippen LogP contribution in [0.5, 0.6) is 5.75 Å². The maximum Gasteiger partial charge on any atom is 0.119 e. The van der Waals surface area contributed by atoms with E-state index >= 15 is 0 Å². The van der Waals surface area contributed by atoms with Gasteiger partial charge in [0.2, 0.25) is 0 Å². The number of ether oxygens (including phenoxy) is 1. The number of nitrogens with two attached hydrogens (primary N) is 1. The van der Waals surface area contributed by atoms with Gasteiger partial charge in [0.15, 0.2) is 0 Å². The van der Waals surface area contributed by atoms with Crippen molar-refractivity contribution in [3.8, 4) is 5.75 Å². The molecule has 102 valence electrons. The van der Waals surface area contributed by atoms with E-state index in [0.29, 0.717) is 0 Å². The molecule has 0 aliphatic heterocycles. The highest BCUT2D eigenvalue weighted by Gasteiger charge is 1.99. The van der Waals surface area contributed by atoms with E-state index in [0.717, 1.165) is 44.8 Å². The lowest BCUT2D eigenvalue weighted by molar-refractivity contribution is 0.262. The Bertz CT molecular complexity index is 352. The summed E-state index contributed by atoms with van der Waals surface area (Å²) in [4.78, 5) is 2.30. The Kier molecular flexibility index (Phi) is 6.76. The summed E-state index contributed by atoms with van der Waals surface area (Å²) in [5.74, 6) is 0.975. The molecule has 0 aromatic heterocycles. The number of rotatable bonds is 8. The summed E-state index contributed by atoms with van der Waals surface area (Å²) in [6.07, 6.45) is 2.11. The van der Waals surface area contributed by atoms with Gasteiger partial charge in [-0.2, -0.15) is 0 Å². The van der Waals surface area contributed by atoms with Crippen molar-refractivity contribution < 1.29 is 4.74 Å². The van der Waals surface area contributed by atoms with Crippen molar-refractivity contribution in [1.82, 2.24) is 4.90 Å². The molecular weight excluding hydrogens is 224 g/mol. The third-order valence-electron chi connectivity index (χ3n) is 3.18. The zero-order valence-electron chi connectivity index (χ0n) is 11.9. The Morgan fingerprint density at radius 3 is 2.50 bits per heavy atom. The van der Waals surface area contributed by atoms with Crippen LogP contribution < -0.4 is 10.5 Å². The molecule has 1 aromatic carbocycles. The lowest BCUT2D eigenvalue weighted by atomic mass is 10.1. The summed E-state index contributed by atoms with van der Waals surface area (Å²) in [7, 11) is 2.13. The average Bonchev–Trinajstić information content (AvgIpc) is 2.36. The molecule has 0 unspecified atom stereocenters. The third kappa shape index (κ3) is 5.52. The lowest BCUT2D eigenvalue weighted by Gasteiger charge is -2.16. The first-order valence-corrected chi connectivity index (χ1v) is 6.72. The highest BCUT2D eigenvalue weighted by atomic mass is 16.5. The fraction of sp³-hybridized carbons (Fsp3) is 0.600. The maximum absolute atomic E-state index is 5.75. The van der Waals surface area contributed by atoms with Crippen molar-refractivity contribution in [2.24, 2.45) is 5.73 Å². The highest BCUT2D eigenvalue weighted by molar-refractivity contribution is 5.33. The Balaban J connectivity index is 2.19. The minimum Gasteiger partial charge on any atom is -0.494 e. The largest absolute Gasteiger partial charge is 0.494 e. The molecule has 0 spiro atoms. The molecule has 1 rings (SSSR count). The highest BCUT2D eigenvalue weighted by Crippen LogP contribution is 2.16. The predicted molar refractivity (Wildman–Crippen MR) is 77.2 cm³/mol. The Labute approximate surface area is 111 Å². The first-order chi connectivity index (χ1) is 8.63. The van der Waals surface area contributed by atoms with E-state index in [1.165, 1.54) is 11.1 Å². The summed E-state index contributed by atoms with van der Waals surface area (Å²) < 4.78 is 5.75. The van der Waals surface area contributed by atoms with Crippen LogP contribution in [0.4, 0.5) is 0 Å². The molecule has 0 radical (unpaired) electrons. The van der Waals surface area contributed by atoms with E-state index < -0.39 is 0 Å². The third-order valence-corrected chi connectivity index (χ3v) is 3.18. The molecular formula is C15H26N2O. The van der Waals surface area contributed by atoms with Gasteiger partial charge in [0, 0.05) is 6.54 Å². The second-order valence-corrected chi connectivity index (χ2v) is 4.89. The van der Waals surface area contributed by atoms with Crippen LogP contribution in [0.1, 0.15) is 24.0 Å². The molecule has 1 aromatic rings. The Morgan fingerprint density at radius 2 is 1.83 bits per heavy atom. The molecule has 3 nitrogen and oxygen atoms in total. The van der Waals surface area contributed by atoms with Crippen LogP contribution in [-0.4, -0.2) is 38.2 Å². The standard InChI is InChI=1S/C15H26N2O/c1-13-6-7-15(12-14(13)2)18-11-5-10-17(3)9-4-8-16/h6-7,12H,4-5,8-11,16H2,1-3H3. The number of hydrogen-bond acceptors (Lipinski definition) is 3. The lowest BCUT2D eigenvalue weighted by Crippen LogP contribution is -2.24.